The summed E-state index contributed by atoms with van der Waals surface area (Å²) in [6, 6.07) is 3.36. The van der Waals surface area contributed by atoms with E-state index in [1.807, 2.05) is 0 Å². The van der Waals surface area contributed by atoms with E-state index in [2.05, 4.69) is 31.2 Å². The highest BCUT2D eigenvalue weighted by atomic mass is 79.9. The number of hydrogen-bond acceptors (Lipinski definition) is 6. The van der Waals surface area contributed by atoms with E-state index >= 15 is 0 Å². The lowest BCUT2D eigenvalue weighted by molar-refractivity contribution is -0.130. The lowest BCUT2D eigenvalue weighted by Gasteiger charge is -2.15. The highest BCUT2D eigenvalue weighted by molar-refractivity contribution is 9.10. The SMILES string of the molecule is COC(=O)N/N=C\c1cc(Br)c(OCC(=O)N(C)C)c(OC)c1. The largest absolute Gasteiger partial charge is 0.493 e. The normalized spacial score (nSPS) is 10.3. The first-order valence-electron chi connectivity index (χ1n) is 6.46. The van der Waals surface area contributed by atoms with Crippen LogP contribution in [-0.2, 0) is 9.53 Å². The summed E-state index contributed by atoms with van der Waals surface area (Å²) >= 11 is 3.36. The van der Waals surface area contributed by atoms with Crippen molar-refractivity contribution >= 4 is 34.1 Å². The van der Waals surface area contributed by atoms with Gasteiger partial charge in [-0.2, -0.15) is 5.10 Å². The molecule has 0 aliphatic rings. The van der Waals surface area contributed by atoms with Gasteiger partial charge in [0.2, 0.25) is 0 Å². The molecule has 0 saturated carbocycles. The Bertz CT molecular complexity index is 604. The lowest BCUT2D eigenvalue weighted by atomic mass is 10.2. The first-order valence-corrected chi connectivity index (χ1v) is 7.25. The fourth-order valence-corrected chi connectivity index (χ4v) is 2.00. The molecular weight excluding hydrogens is 370 g/mol. The standard InChI is InChI=1S/C14H18BrN3O5/c1-18(2)12(19)8-23-13-10(15)5-9(6-11(13)21-3)7-16-17-14(20)22-4/h5-7H,8H2,1-4H3,(H,17,20)/b16-7-. The number of ether oxygens (including phenoxy) is 3. The number of hydrogen-bond donors (Lipinski definition) is 1. The van der Waals surface area contributed by atoms with Crippen LogP contribution >= 0.6 is 15.9 Å². The molecule has 0 aromatic heterocycles. The number of likely N-dealkylation sites (N-methyl/N-ethyl adjacent to an activating group) is 1. The second-order valence-electron chi connectivity index (χ2n) is 4.47. The maximum absolute atomic E-state index is 11.6. The lowest BCUT2D eigenvalue weighted by Crippen LogP contribution is -2.27. The summed E-state index contributed by atoms with van der Waals surface area (Å²) in [4.78, 5) is 23.9. The van der Waals surface area contributed by atoms with Crippen molar-refractivity contribution in [2.45, 2.75) is 0 Å². The zero-order valence-corrected chi connectivity index (χ0v) is 14.8. The van der Waals surface area contributed by atoms with Crippen LogP contribution < -0.4 is 14.9 Å². The molecule has 1 aromatic rings. The Labute approximate surface area is 142 Å². The number of amides is 2. The van der Waals surface area contributed by atoms with E-state index in [1.54, 1.807) is 26.2 Å². The summed E-state index contributed by atoms with van der Waals surface area (Å²) < 4.78 is 15.7. The van der Waals surface area contributed by atoms with Crippen LogP contribution in [0, 0.1) is 0 Å². The molecule has 0 saturated heterocycles. The van der Waals surface area contributed by atoms with Crippen LogP contribution in [-0.4, -0.2) is 58.0 Å². The van der Waals surface area contributed by atoms with Crippen LogP contribution in [0.2, 0.25) is 0 Å². The third-order valence-corrected chi connectivity index (χ3v) is 3.23. The monoisotopic (exact) mass is 387 g/mol. The summed E-state index contributed by atoms with van der Waals surface area (Å²) in [6.45, 7) is -0.112. The molecule has 126 valence electrons. The van der Waals surface area contributed by atoms with Crippen molar-refractivity contribution in [1.82, 2.24) is 10.3 Å². The predicted octanol–water partition coefficient (Wildman–Crippen LogP) is 1.61. The molecule has 0 spiro atoms. The molecular formula is C14H18BrN3O5. The van der Waals surface area contributed by atoms with E-state index < -0.39 is 6.09 Å². The fourth-order valence-electron chi connectivity index (χ4n) is 1.42. The Hall–Kier alpha value is -2.29. The number of carbonyl (C=O) groups is 2. The molecule has 1 rings (SSSR count). The molecule has 0 atom stereocenters. The topological polar surface area (TPSA) is 89.5 Å². The smallest absolute Gasteiger partial charge is 0.427 e. The molecule has 0 aliphatic carbocycles. The van der Waals surface area contributed by atoms with E-state index in [9.17, 15) is 9.59 Å². The molecule has 0 aliphatic heterocycles. The Morgan fingerprint density at radius 2 is 2.04 bits per heavy atom. The van der Waals surface area contributed by atoms with E-state index in [4.69, 9.17) is 9.47 Å². The Balaban J connectivity index is 2.90. The number of nitrogens with one attached hydrogen (secondary N) is 1. The number of carbonyl (C=O) groups excluding carboxylic acids is 2. The Kier molecular flexibility index (Phi) is 7.33. The predicted molar refractivity (Wildman–Crippen MR) is 88.0 cm³/mol. The average Bonchev–Trinajstić information content (AvgIpc) is 2.52. The molecule has 2 amide bonds. The van der Waals surface area contributed by atoms with Gasteiger partial charge in [-0.05, 0) is 33.6 Å². The number of hydrazone groups is 1. The van der Waals surface area contributed by atoms with Crippen LogP contribution in [0.5, 0.6) is 11.5 Å². The van der Waals surface area contributed by atoms with E-state index in [-0.39, 0.29) is 12.5 Å². The minimum Gasteiger partial charge on any atom is -0.493 e. The van der Waals surface area contributed by atoms with Gasteiger partial charge in [-0.1, -0.05) is 0 Å². The maximum atomic E-state index is 11.6. The highest BCUT2D eigenvalue weighted by Gasteiger charge is 2.14. The summed E-state index contributed by atoms with van der Waals surface area (Å²) in [5.74, 6) is 0.651. The number of nitrogens with zero attached hydrogens (tertiary/aromatic N) is 2. The van der Waals surface area contributed by atoms with Crippen molar-refractivity contribution in [1.29, 1.82) is 0 Å². The fraction of sp³-hybridized carbons (Fsp3) is 0.357. The highest BCUT2D eigenvalue weighted by Crippen LogP contribution is 2.36. The molecule has 0 heterocycles. The van der Waals surface area contributed by atoms with Gasteiger partial charge in [0.25, 0.3) is 5.91 Å². The number of halogens is 1. The number of rotatable bonds is 6. The van der Waals surface area contributed by atoms with Gasteiger partial charge in [0.15, 0.2) is 18.1 Å². The quantitative estimate of drug-likeness (QED) is 0.591. The van der Waals surface area contributed by atoms with E-state index in [0.29, 0.717) is 21.5 Å². The molecule has 23 heavy (non-hydrogen) atoms. The van der Waals surface area contributed by atoms with Crippen molar-refractivity contribution in [3.05, 3.63) is 22.2 Å². The first-order chi connectivity index (χ1) is 10.9. The molecule has 8 nitrogen and oxygen atoms in total. The zero-order valence-electron chi connectivity index (χ0n) is 13.3. The maximum Gasteiger partial charge on any atom is 0.427 e. The van der Waals surface area contributed by atoms with Crippen molar-refractivity contribution in [2.75, 3.05) is 34.9 Å². The molecule has 0 radical (unpaired) electrons. The van der Waals surface area contributed by atoms with Crippen molar-refractivity contribution in [3.63, 3.8) is 0 Å². The zero-order chi connectivity index (χ0) is 17.4. The number of benzene rings is 1. The van der Waals surface area contributed by atoms with Gasteiger partial charge in [0.05, 0.1) is 24.9 Å². The molecule has 1 aromatic carbocycles. The second kappa shape index (κ2) is 8.99. The van der Waals surface area contributed by atoms with Crippen LogP contribution in [0.4, 0.5) is 4.79 Å². The van der Waals surface area contributed by atoms with E-state index in [1.165, 1.54) is 25.3 Å². The van der Waals surface area contributed by atoms with Crippen LogP contribution in [0.3, 0.4) is 0 Å². The average molecular weight is 388 g/mol. The summed E-state index contributed by atoms with van der Waals surface area (Å²) in [5, 5.41) is 3.73. The van der Waals surface area contributed by atoms with E-state index in [0.717, 1.165) is 0 Å². The van der Waals surface area contributed by atoms with Gasteiger partial charge >= 0.3 is 6.09 Å². The first kappa shape index (κ1) is 18.8. The van der Waals surface area contributed by atoms with Gasteiger partial charge in [-0.15, -0.1) is 0 Å². The third kappa shape index (κ3) is 5.78. The van der Waals surface area contributed by atoms with Gasteiger partial charge in [-0.3, -0.25) is 4.79 Å². The molecule has 1 N–H and O–H groups in total. The van der Waals surface area contributed by atoms with Crippen LogP contribution in [0.25, 0.3) is 0 Å². The van der Waals surface area contributed by atoms with Crippen molar-refractivity contribution in [3.8, 4) is 11.5 Å². The summed E-state index contributed by atoms with van der Waals surface area (Å²) in [6.07, 6.45) is 0.744. The molecule has 9 heteroatoms. The van der Waals surface area contributed by atoms with Crippen molar-refractivity contribution in [2.24, 2.45) is 5.10 Å². The minimum atomic E-state index is -0.672. The van der Waals surface area contributed by atoms with Crippen LogP contribution in [0.15, 0.2) is 21.7 Å². The molecule has 0 bridgehead atoms. The minimum absolute atomic E-state index is 0.112. The van der Waals surface area contributed by atoms with Gasteiger partial charge in [0, 0.05) is 14.1 Å². The van der Waals surface area contributed by atoms with Crippen LogP contribution in [0.1, 0.15) is 5.56 Å². The molecule has 0 fully saturated rings. The summed E-state index contributed by atoms with van der Waals surface area (Å²) in [7, 11) is 6.01. The number of methoxy groups -OCH3 is 2. The summed E-state index contributed by atoms with van der Waals surface area (Å²) in [5.41, 5.74) is 2.83. The molecule has 0 unspecified atom stereocenters. The van der Waals surface area contributed by atoms with Gasteiger partial charge in [-0.25, -0.2) is 10.2 Å². The third-order valence-electron chi connectivity index (χ3n) is 2.65. The Morgan fingerprint density at radius 1 is 1.35 bits per heavy atom. The van der Waals surface area contributed by atoms with Gasteiger partial charge in [0.1, 0.15) is 0 Å². The second-order valence-corrected chi connectivity index (χ2v) is 5.33. The van der Waals surface area contributed by atoms with Gasteiger partial charge < -0.3 is 19.1 Å². The van der Waals surface area contributed by atoms with Crippen molar-refractivity contribution < 1.29 is 23.8 Å². The Morgan fingerprint density at radius 3 is 2.61 bits per heavy atom.